The number of nitrogens with two attached hydrogens (primary N) is 1. The van der Waals surface area contributed by atoms with Crippen LogP contribution in [0.4, 0.5) is 0 Å². The number of carbonyl (C=O) groups excluding carboxylic acids is 1. The van der Waals surface area contributed by atoms with Crippen molar-refractivity contribution >= 4 is 11.7 Å². The molecule has 0 fully saturated rings. The number of hydrogen-bond acceptors (Lipinski definition) is 5. The standard InChI is InChI=1S/C14H22N4O3/c1-10-4-5-12(11(2)16-10)14(19)18(8-9-21-3)7-6-13(15)17-20/h4-5,20H,6-9H2,1-3H3,(H2,15,17). The lowest BCUT2D eigenvalue weighted by atomic mass is 10.1. The van der Waals surface area contributed by atoms with Gasteiger partial charge in [-0.2, -0.15) is 0 Å². The topological polar surface area (TPSA) is 101 Å². The number of aryl methyl sites for hydroxylation is 2. The van der Waals surface area contributed by atoms with Crippen LogP contribution in [0.15, 0.2) is 17.3 Å². The summed E-state index contributed by atoms with van der Waals surface area (Å²) in [5.41, 5.74) is 7.56. The van der Waals surface area contributed by atoms with Gasteiger partial charge in [-0.25, -0.2) is 0 Å². The van der Waals surface area contributed by atoms with Crippen LogP contribution in [0.1, 0.15) is 28.2 Å². The number of amidine groups is 1. The number of methoxy groups -OCH3 is 1. The fraction of sp³-hybridized carbons (Fsp3) is 0.500. The number of oxime groups is 1. The van der Waals surface area contributed by atoms with E-state index >= 15 is 0 Å². The maximum absolute atomic E-state index is 12.6. The minimum absolute atomic E-state index is 0.0870. The second kappa shape index (κ2) is 8.21. The molecule has 0 aliphatic heterocycles. The molecule has 1 rings (SSSR count). The van der Waals surface area contributed by atoms with Crippen molar-refractivity contribution in [3.05, 3.63) is 29.1 Å². The number of ether oxygens (including phenoxy) is 1. The van der Waals surface area contributed by atoms with Gasteiger partial charge in [0, 0.05) is 32.3 Å². The first-order valence-corrected chi connectivity index (χ1v) is 6.68. The predicted molar refractivity (Wildman–Crippen MR) is 79.5 cm³/mol. The summed E-state index contributed by atoms with van der Waals surface area (Å²) in [6.45, 7) is 4.88. The minimum atomic E-state index is -0.136. The zero-order chi connectivity index (χ0) is 15.8. The van der Waals surface area contributed by atoms with Crippen molar-refractivity contribution in [3.8, 4) is 0 Å². The van der Waals surface area contributed by atoms with Gasteiger partial charge in [0.05, 0.1) is 17.9 Å². The Bertz CT molecular complexity index is 517. The van der Waals surface area contributed by atoms with E-state index in [2.05, 4.69) is 10.1 Å². The van der Waals surface area contributed by atoms with E-state index < -0.39 is 0 Å². The quantitative estimate of drug-likeness (QED) is 0.337. The molecule has 1 amide bonds. The Balaban J connectivity index is 2.87. The molecule has 1 aromatic heterocycles. The number of amides is 1. The number of pyridine rings is 1. The number of nitrogens with zero attached hydrogens (tertiary/aromatic N) is 3. The average Bonchev–Trinajstić information content (AvgIpc) is 2.46. The minimum Gasteiger partial charge on any atom is -0.409 e. The maximum atomic E-state index is 12.6. The van der Waals surface area contributed by atoms with Gasteiger partial charge in [-0.05, 0) is 26.0 Å². The highest BCUT2D eigenvalue weighted by atomic mass is 16.5. The molecule has 3 N–H and O–H groups in total. The number of hydrogen-bond donors (Lipinski definition) is 2. The summed E-state index contributed by atoms with van der Waals surface area (Å²) in [7, 11) is 1.57. The zero-order valence-corrected chi connectivity index (χ0v) is 12.7. The van der Waals surface area contributed by atoms with E-state index in [0.717, 1.165) is 5.69 Å². The van der Waals surface area contributed by atoms with Gasteiger partial charge in [-0.3, -0.25) is 9.78 Å². The van der Waals surface area contributed by atoms with Crippen molar-refractivity contribution in [3.63, 3.8) is 0 Å². The van der Waals surface area contributed by atoms with Crippen molar-refractivity contribution in [2.75, 3.05) is 26.8 Å². The van der Waals surface area contributed by atoms with E-state index in [4.69, 9.17) is 15.7 Å². The average molecular weight is 294 g/mol. The molecule has 0 bridgehead atoms. The second-order valence-corrected chi connectivity index (χ2v) is 4.71. The van der Waals surface area contributed by atoms with Crippen LogP contribution in [0.5, 0.6) is 0 Å². The highest BCUT2D eigenvalue weighted by Crippen LogP contribution is 2.10. The summed E-state index contributed by atoms with van der Waals surface area (Å²) in [5, 5.41) is 11.5. The molecule has 0 aromatic carbocycles. The van der Waals surface area contributed by atoms with Gasteiger partial charge in [0.1, 0.15) is 5.84 Å². The molecule has 7 heteroatoms. The molecule has 116 valence electrons. The van der Waals surface area contributed by atoms with Gasteiger partial charge in [0.15, 0.2) is 0 Å². The van der Waals surface area contributed by atoms with Crippen LogP contribution in [0.3, 0.4) is 0 Å². The van der Waals surface area contributed by atoms with Crippen LogP contribution >= 0.6 is 0 Å². The lowest BCUT2D eigenvalue weighted by molar-refractivity contribution is 0.0699. The van der Waals surface area contributed by atoms with Gasteiger partial charge < -0.3 is 20.6 Å². The highest BCUT2D eigenvalue weighted by Gasteiger charge is 2.18. The fourth-order valence-electron chi connectivity index (χ4n) is 1.90. The van der Waals surface area contributed by atoms with Crippen molar-refractivity contribution < 1.29 is 14.7 Å². The van der Waals surface area contributed by atoms with Crippen LogP contribution in [-0.2, 0) is 4.74 Å². The molecule has 0 aliphatic carbocycles. The third-order valence-electron chi connectivity index (χ3n) is 3.07. The number of carbonyl (C=O) groups is 1. The molecule has 0 spiro atoms. The van der Waals surface area contributed by atoms with Crippen molar-refractivity contribution in [1.29, 1.82) is 0 Å². The molecule has 1 heterocycles. The summed E-state index contributed by atoms with van der Waals surface area (Å²) >= 11 is 0. The van der Waals surface area contributed by atoms with Gasteiger partial charge in [0.25, 0.3) is 5.91 Å². The van der Waals surface area contributed by atoms with Crippen molar-refractivity contribution in [2.24, 2.45) is 10.9 Å². The van der Waals surface area contributed by atoms with E-state index in [-0.39, 0.29) is 11.7 Å². The number of aromatic nitrogens is 1. The molecule has 0 saturated heterocycles. The molecule has 0 saturated carbocycles. The first-order valence-electron chi connectivity index (χ1n) is 6.68. The molecule has 0 unspecified atom stereocenters. The summed E-state index contributed by atoms with van der Waals surface area (Å²) in [6, 6.07) is 3.57. The Morgan fingerprint density at radius 2 is 2.14 bits per heavy atom. The first kappa shape index (κ1) is 16.9. The van der Waals surface area contributed by atoms with Crippen LogP contribution in [0.2, 0.25) is 0 Å². The first-order chi connectivity index (χ1) is 9.99. The molecular weight excluding hydrogens is 272 g/mol. The summed E-state index contributed by atoms with van der Waals surface area (Å²) < 4.78 is 5.02. The molecule has 0 radical (unpaired) electrons. The zero-order valence-electron chi connectivity index (χ0n) is 12.7. The van der Waals surface area contributed by atoms with Crippen LogP contribution < -0.4 is 5.73 Å². The Kier molecular flexibility index (Phi) is 6.61. The Labute approximate surface area is 124 Å². The Hall–Kier alpha value is -2.15. The van der Waals surface area contributed by atoms with E-state index in [1.807, 2.05) is 6.92 Å². The molecule has 1 aromatic rings. The van der Waals surface area contributed by atoms with Gasteiger partial charge in [-0.15, -0.1) is 0 Å². The third kappa shape index (κ3) is 5.03. The highest BCUT2D eigenvalue weighted by molar-refractivity contribution is 5.95. The van der Waals surface area contributed by atoms with Crippen molar-refractivity contribution in [2.45, 2.75) is 20.3 Å². The maximum Gasteiger partial charge on any atom is 0.255 e. The molecule has 0 atom stereocenters. The Morgan fingerprint density at radius 1 is 1.43 bits per heavy atom. The molecule has 21 heavy (non-hydrogen) atoms. The van der Waals surface area contributed by atoms with E-state index in [1.165, 1.54) is 0 Å². The predicted octanol–water partition coefficient (Wildman–Crippen LogP) is 0.924. The van der Waals surface area contributed by atoms with E-state index in [0.29, 0.717) is 37.4 Å². The fourth-order valence-corrected chi connectivity index (χ4v) is 1.90. The largest absolute Gasteiger partial charge is 0.409 e. The normalized spacial score (nSPS) is 11.5. The van der Waals surface area contributed by atoms with E-state index in [9.17, 15) is 4.79 Å². The smallest absolute Gasteiger partial charge is 0.255 e. The van der Waals surface area contributed by atoms with Gasteiger partial charge in [-0.1, -0.05) is 5.16 Å². The summed E-state index contributed by atoms with van der Waals surface area (Å²) in [4.78, 5) is 18.5. The lowest BCUT2D eigenvalue weighted by Crippen LogP contribution is -2.37. The number of rotatable bonds is 7. The molecule has 7 nitrogen and oxygen atoms in total. The molecular formula is C14H22N4O3. The van der Waals surface area contributed by atoms with E-state index in [1.54, 1.807) is 31.1 Å². The van der Waals surface area contributed by atoms with Crippen LogP contribution in [0.25, 0.3) is 0 Å². The van der Waals surface area contributed by atoms with Gasteiger partial charge in [0.2, 0.25) is 0 Å². The second-order valence-electron chi connectivity index (χ2n) is 4.71. The summed E-state index contributed by atoms with van der Waals surface area (Å²) in [5.74, 6) is -0.0493. The van der Waals surface area contributed by atoms with Crippen molar-refractivity contribution in [1.82, 2.24) is 9.88 Å². The van der Waals surface area contributed by atoms with Crippen LogP contribution in [-0.4, -0.2) is 53.6 Å². The third-order valence-corrected chi connectivity index (χ3v) is 3.07. The van der Waals surface area contributed by atoms with Crippen LogP contribution in [0, 0.1) is 13.8 Å². The summed E-state index contributed by atoms with van der Waals surface area (Å²) in [6.07, 6.45) is 0.296. The SMILES string of the molecule is COCCN(CCC(N)=NO)C(=O)c1ccc(C)nc1C. The lowest BCUT2D eigenvalue weighted by Gasteiger charge is -2.23. The van der Waals surface area contributed by atoms with Gasteiger partial charge >= 0.3 is 0 Å². The Morgan fingerprint density at radius 3 is 2.71 bits per heavy atom. The molecule has 0 aliphatic rings. The monoisotopic (exact) mass is 294 g/mol.